The van der Waals surface area contributed by atoms with E-state index in [0.717, 1.165) is 25.7 Å². The van der Waals surface area contributed by atoms with Crippen molar-refractivity contribution in [2.75, 3.05) is 13.6 Å². The molecule has 4 amide bonds. The third-order valence-electron chi connectivity index (χ3n) is 6.81. The van der Waals surface area contributed by atoms with Crippen LogP contribution in [-0.2, 0) is 19.1 Å². The molecule has 34 heavy (non-hydrogen) atoms. The third-order valence-corrected chi connectivity index (χ3v) is 6.81. The summed E-state index contributed by atoms with van der Waals surface area (Å²) < 4.78 is 5.39. The van der Waals surface area contributed by atoms with Crippen LogP contribution in [0.4, 0.5) is 4.79 Å². The quantitative estimate of drug-likeness (QED) is 0.529. The highest BCUT2D eigenvalue weighted by molar-refractivity contribution is 5.98. The number of nitrogens with one attached hydrogen (secondary N) is 3. The van der Waals surface area contributed by atoms with Gasteiger partial charge in [0.2, 0.25) is 17.7 Å². The molecule has 0 aromatic carbocycles. The normalized spacial score (nSPS) is 33.4. The van der Waals surface area contributed by atoms with Crippen LogP contribution in [0.1, 0.15) is 72.6 Å². The number of carbonyl (C=O) groups excluding carboxylic acids is 4. The first-order chi connectivity index (χ1) is 16.0. The zero-order chi connectivity index (χ0) is 25.1. The van der Waals surface area contributed by atoms with E-state index in [-0.39, 0.29) is 29.6 Å². The Labute approximate surface area is 202 Å². The van der Waals surface area contributed by atoms with Crippen molar-refractivity contribution in [1.82, 2.24) is 20.9 Å². The summed E-state index contributed by atoms with van der Waals surface area (Å²) in [6.45, 7) is 7.75. The van der Waals surface area contributed by atoms with Gasteiger partial charge in [0.1, 0.15) is 23.2 Å². The highest BCUT2D eigenvalue weighted by Gasteiger charge is 2.60. The second kappa shape index (κ2) is 10.4. The first-order valence-corrected chi connectivity index (χ1v) is 12.5. The Balaban J connectivity index is 1.84. The molecule has 0 spiro atoms. The summed E-state index contributed by atoms with van der Waals surface area (Å²) in [7, 11) is 1.57. The second-order valence-corrected chi connectivity index (χ2v) is 11.0. The summed E-state index contributed by atoms with van der Waals surface area (Å²) in [6.07, 6.45) is 8.49. The number of likely N-dealkylation sites (N-methyl/N-ethyl adjacent to an activating group) is 1. The highest BCUT2D eigenvalue weighted by atomic mass is 16.6. The second-order valence-electron chi connectivity index (χ2n) is 11.0. The van der Waals surface area contributed by atoms with Crippen LogP contribution >= 0.6 is 0 Å². The van der Waals surface area contributed by atoms with Gasteiger partial charge < -0.3 is 25.6 Å². The van der Waals surface area contributed by atoms with Gasteiger partial charge in [-0.25, -0.2) is 4.79 Å². The van der Waals surface area contributed by atoms with Gasteiger partial charge in [0.25, 0.3) is 0 Å². The number of rotatable bonds is 2. The van der Waals surface area contributed by atoms with Crippen LogP contribution in [0.5, 0.6) is 0 Å². The van der Waals surface area contributed by atoms with Crippen LogP contribution < -0.4 is 16.0 Å². The van der Waals surface area contributed by atoms with Crippen LogP contribution in [-0.4, -0.2) is 65.5 Å². The van der Waals surface area contributed by atoms with Gasteiger partial charge in [-0.05, 0) is 58.8 Å². The van der Waals surface area contributed by atoms with E-state index in [0.29, 0.717) is 25.8 Å². The van der Waals surface area contributed by atoms with E-state index < -0.39 is 29.3 Å². The van der Waals surface area contributed by atoms with Gasteiger partial charge in [0.15, 0.2) is 0 Å². The Morgan fingerprint density at radius 1 is 1.21 bits per heavy atom. The molecule has 2 fully saturated rings. The van der Waals surface area contributed by atoms with Crippen molar-refractivity contribution >= 4 is 23.8 Å². The van der Waals surface area contributed by atoms with Gasteiger partial charge >= 0.3 is 6.09 Å². The molecule has 1 aliphatic carbocycles. The number of carbonyl (C=O) groups is 4. The lowest BCUT2D eigenvalue weighted by atomic mass is 10.0. The van der Waals surface area contributed by atoms with Crippen molar-refractivity contribution in [3.63, 3.8) is 0 Å². The first kappa shape index (κ1) is 26.0. The molecule has 9 nitrogen and oxygen atoms in total. The summed E-state index contributed by atoms with van der Waals surface area (Å²) in [4.78, 5) is 53.7. The molecule has 0 radical (unpaired) electrons. The Morgan fingerprint density at radius 2 is 1.94 bits per heavy atom. The van der Waals surface area contributed by atoms with Crippen molar-refractivity contribution in [3.8, 4) is 0 Å². The molecule has 2 aliphatic heterocycles. The fraction of sp³-hybridized carbons (Fsp3) is 0.760. The highest BCUT2D eigenvalue weighted by Crippen LogP contribution is 2.45. The van der Waals surface area contributed by atoms with Gasteiger partial charge in [0.05, 0.1) is 0 Å². The molecule has 3 N–H and O–H groups in total. The van der Waals surface area contributed by atoms with Crippen LogP contribution in [0, 0.1) is 11.8 Å². The third kappa shape index (κ3) is 6.10. The van der Waals surface area contributed by atoms with E-state index in [1.807, 2.05) is 13.0 Å². The lowest BCUT2D eigenvalue weighted by Crippen LogP contribution is -2.57. The standard InChI is InChI=1S/C25H40N4O5/c1-16-13-19-20(30)28-25(22(32)26-5)14-17(25)11-9-7-6-8-10-12-18(21(31)29(19)15-16)27-23(33)34-24(2,3)4/h9,11,16-19H,6-8,10,12-15H2,1-5H3,(H,26,32)(H,27,33)(H,28,30)/b11-9-/t16-,17?,18+,19+,25-/m1/s1. The summed E-state index contributed by atoms with van der Waals surface area (Å²) in [5.74, 6) is -0.723. The maximum absolute atomic E-state index is 13.6. The van der Waals surface area contributed by atoms with Crippen molar-refractivity contribution in [3.05, 3.63) is 12.2 Å². The largest absolute Gasteiger partial charge is 0.444 e. The van der Waals surface area contributed by atoms with Crippen molar-refractivity contribution < 1.29 is 23.9 Å². The maximum atomic E-state index is 13.6. The van der Waals surface area contributed by atoms with E-state index in [1.54, 1.807) is 32.7 Å². The van der Waals surface area contributed by atoms with E-state index >= 15 is 0 Å². The zero-order valence-electron chi connectivity index (χ0n) is 21.1. The fourth-order valence-corrected chi connectivity index (χ4v) is 5.00. The van der Waals surface area contributed by atoms with Crippen LogP contribution in [0.2, 0.25) is 0 Å². The molecular formula is C25H40N4O5. The summed E-state index contributed by atoms with van der Waals surface area (Å²) >= 11 is 0. The van der Waals surface area contributed by atoms with Gasteiger partial charge in [-0.15, -0.1) is 0 Å². The number of hydrogen-bond donors (Lipinski definition) is 3. The molecule has 1 saturated carbocycles. The van der Waals surface area contributed by atoms with Crippen molar-refractivity contribution in [2.24, 2.45) is 11.8 Å². The van der Waals surface area contributed by atoms with E-state index in [4.69, 9.17) is 4.74 Å². The molecule has 1 saturated heterocycles. The first-order valence-electron chi connectivity index (χ1n) is 12.5. The minimum Gasteiger partial charge on any atom is -0.444 e. The minimum absolute atomic E-state index is 0.0499. The topological polar surface area (TPSA) is 117 Å². The molecule has 3 aliphatic rings. The SMILES string of the molecule is CNC(=O)[C@@]12CC1/C=C\CCCCC[C@H](NC(=O)OC(C)(C)C)C(=O)N1C[C@H](C)C[C@H]1C(=O)N2. The molecular weight excluding hydrogens is 436 g/mol. The number of amides is 4. The molecule has 2 heterocycles. The fourth-order valence-electron chi connectivity index (χ4n) is 5.00. The van der Waals surface area contributed by atoms with Crippen LogP contribution in [0.15, 0.2) is 12.2 Å². The average Bonchev–Trinajstić information content (AvgIpc) is 3.29. The molecule has 0 aromatic heterocycles. The van der Waals surface area contributed by atoms with E-state index in [9.17, 15) is 19.2 Å². The molecule has 1 unspecified atom stereocenters. The predicted octanol–water partition coefficient (Wildman–Crippen LogP) is 2.26. The number of nitrogens with zero attached hydrogens (tertiary/aromatic N) is 1. The predicted molar refractivity (Wildman–Crippen MR) is 128 cm³/mol. The van der Waals surface area contributed by atoms with Crippen molar-refractivity contribution in [1.29, 1.82) is 0 Å². The molecule has 0 bridgehead atoms. The maximum Gasteiger partial charge on any atom is 0.408 e. The molecule has 0 aromatic rings. The minimum atomic E-state index is -0.961. The van der Waals surface area contributed by atoms with Gasteiger partial charge in [-0.1, -0.05) is 31.9 Å². The Morgan fingerprint density at radius 3 is 2.62 bits per heavy atom. The summed E-state index contributed by atoms with van der Waals surface area (Å²) in [5, 5.41) is 8.41. The monoisotopic (exact) mass is 476 g/mol. The number of ether oxygens (including phenoxy) is 1. The lowest BCUT2D eigenvalue weighted by molar-refractivity contribution is -0.141. The number of alkyl carbamates (subject to hydrolysis) is 1. The Bertz CT molecular complexity index is 836. The lowest BCUT2D eigenvalue weighted by Gasteiger charge is -2.30. The molecule has 3 rings (SSSR count). The summed E-state index contributed by atoms with van der Waals surface area (Å²) in [5.41, 5.74) is -1.64. The van der Waals surface area contributed by atoms with Crippen LogP contribution in [0.25, 0.3) is 0 Å². The smallest absolute Gasteiger partial charge is 0.408 e. The molecule has 9 heteroatoms. The van der Waals surface area contributed by atoms with E-state index in [2.05, 4.69) is 22.0 Å². The summed E-state index contributed by atoms with van der Waals surface area (Å²) in [6, 6.07) is -1.44. The van der Waals surface area contributed by atoms with Crippen molar-refractivity contribution in [2.45, 2.75) is 95.9 Å². The van der Waals surface area contributed by atoms with Gasteiger partial charge in [0, 0.05) is 19.5 Å². The number of allylic oxidation sites excluding steroid dienone is 1. The van der Waals surface area contributed by atoms with Crippen LogP contribution in [0.3, 0.4) is 0 Å². The average molecular weight is 477 g/mol. The van der Waals surface area contributed by atoms with Gasteiger partial charge in [-0.2, -0.15) is 0 Å². The number of hydrogen-bond acceptors (Lipinski definition) is 5. The van der Waals surface area contributed by atoms with Gasteiger partial charge in [-0.3, -0.25) is 14.4 Å². The number of fused-ring (bicyclic) bond motifs is 2. The molecule has 5 atom stereocenters. The Kier molecular flexibility index (Phi) is 7.93. The Hall–Kier alpha value is -2.58. The van der Waals surface area contributed by atoms with E-state index in [1.165, 1.54) is 0 Å². The molecule has 190 valence electrons. The zero-order valence-corrected chi connectivity index (χ0v) is 21.1.